The molecular formula is C11H16N2O2. The second-order valence-electron chi connectivity index (χ2n) is 3.29. The van der Waals surface area contributed by atoms with Crippen LogP contribution >= 0.6 is 0 Å². The third-order valence-corrected chi connectivity index (χ3v) is 2.08. The van der Waals surface area contributed by atoms with E-state index in [-0.39, 0.29) is 6.54 Å². The first-order valence-electron chi connectivity index (χ1n) is 4.96. The van der Waals surface area contributed by atoms with E-state index in [0.717, 1.165) is 12.1 Å². The van der Waals surface area contributed by atoms with E-state index in [1.54, 1.807) is 0 Å². The van der Waals surface area contributed by atoms with E-state index in [0.29, 0.717) is 13.1 Å². The molecule has 4 heteroatoms. The third-order valence-electron chi connectivity index (χ3n) is 2.08. The number of anilines is 1. The molecule has 0 atom stereocenters. The highest BCUT2D eigenvalue weighted by Crippen LogP contribution is 2.12. The van der Waals surface area contributed by atoms with Gasteiger partial charge in [-0.2, -0.15) is 0 Å². The minimum Gasteiger partial charge on any atom is -0.480 e. The highest BCUT2D eigenvalue weighted by molar-refractivity contribution is 5.73. The molecule has 0 aliphatic heterocycles. The fourth-order valence-electron chi connectivity index (χ4n) is 1.38. The number of carbonyl (C=O) groups is 1. The van der Waals surface area contributed by atoms with Crippen LogP contribution in [0.5, 0.6) is 0 Å². The molecular weight excluding hydrogens is 192 g/mol. The minimum absolute atomic E-state index is 0.0179. The molecule has 82 valence electrons. The van der Waals surface area contributed by atoms with Gasteiger partial charge in [0, 0.05) is 12.2 Å². The van der Waals surface area contributed by atoms with Crippen LogP contribution in [0.25, 0.3) is 0 Å². The number of aliphatic carboxylic acids is 1. The number of carboxylic acid groups (broad SMARTS) is 1. The lowest BCUT2D eigenvalue weighted by molar-refractivity contribution is -0.135. The predicted octanol–water partition coefficient (Wildman–Crippen LogP) is 0.926. The fraction of sp³-hybridized carbons (Fsp3) is 0.364. The summed E-state index contributed by atoms with van der Waals surface area (Å²) in [6.45, 7) is 1.26. The largest absolute Gasteiger partial charge is 0.480 e. The van der Waals surface area contributed by atoms with E-state index >= 15 is 0 Å². The maximum absolute atomic E-state index is 10.7. The summed E-state index contributed by atoms with van der Waals surface area (Å²) in [7, 11) is 0. The molecule has 0 fully saturated rings. The fourth-order valence-corrected chi connectivity index (χ4v) is 1.38. The van der Waals surface area contributed by atoms with Crippen molar-refractivity contribution in [2.24, 2.45) is 5.73 Å². The molecule has 0 unspecified atom stereocenters. The summed E-state index contributed by atoms with van der Waals surface area (Å²) in [6.07, 6.45) is 0.794. The normalized spacial score (nSPS) is 9.93. The third kappa shape index (κ3) is 3.99. The van der Waals surface area contributed by atoms with Crippen molar-refractivity contribution < 1.29 is 9.90 Å². The molecule has 0 amide bonds. The van der Waals surface area contributed by atoms with Gasteiger partial charge in [-0.05, 0) is 25.1 Å². The Morgan fingerprint density at radius 1 is 1.33 bits per heavy atom. The van der Waals surface area contributed by atoms with Gasteiger partial charge in [-0.15, -0.1) is 0 Å². The molecule has 0 saturated carbocycles. The molecule has 0 aliphatic rings. The molecule has 3 N–H and O–H groups in total. The first-order valence-corrected chi connectivity index (χ1v) is 4.96. The van der Waals surface area contributed by atoms with E-state index in [1.165, 1.54) is 0 Å². The van der Waals surface area contributed by atoms with E-state index in [2.05, 4.69) is 0 Å². The summed E-state index contributed by atoms with van der Waals surface area (Å²) < 4.78 is 0. The lowest BCUT2D eigenvalue weighted by Gasteiger charge is -2.22. The summed E-state index contributed by atoms with van der Waals surface area (Å²) in [5, 5.41) is 8.77. The van der Waals surface area contributed by atoms with Gasteiger partial charge in [0.25, 0.3) is 0 Å². The smallest absolute Gasteiger partial charge is 0.323 e. The molecule has 0 saturated heterocycles. The molecule has 15 heavy (non-hydrogen) atoms. The van der Waals surface area contributed by atoms with Crippen LogP contribution in [0, 0.1) is 0 Å². The first kappa shape index (κ1) is 11.5. The Labute approximate surface area is 89.3 Å². The lowest BCUT2D eigenvalue weighted by atomic mass is 10.2. The number of nitrogens with zero attached hydrogens (tertiary/aromatic N) is 1. The molecule has 1 rings (SSSR count). The molecule has 0 heterocycles. The average molecular weight is 208 g/mol. The standard InChI is InChI=1S/C11H16N2O2/c12-7-4-8-13(9-11(14)15)10-5-2-1-3-6-10/h1-3,5-6H,4,7-9,12H2,(H,14,15). The van der Waals surface area contributed by atoms with Crippen LogP contribution in [-0.4, -0.2) is 30.7 Å². The Bertz CT molecular complexity index is 301. The number of hydrogen-bond acceptors (Lipinski definition) is 3. The SMILES string of the molecule is NCCCN(CC(=O)O)c1ccccc1. The Hall–Kier alpha value is -1.55. The quantitative estimate of drug-likeness (QED) is 0.729. The van der Waals surface area contributed by atoms with Crippen molar-refractivity contribution in [3.8, 4) is 0 Å². The Morgan fingerprint density at radius 3 is 2.53 bits per heavy atom. The topological polar surface area (TPSA) is 66.6 Å². The van der Waals surface area contributed by atoms with Crippen LogP contribution in [0.15, 0.2) is 30.3 Å². The Balaban J connectivity index is 2.67. The molecule has 1 aromatic carbocycles. The highest BCUT2D eigenvalue weighted by Gasteiger charge is 2.09. The minimum atomic E-state index is -0.823. The summed E-state index contributed by atoms with van der Waals surface area (Å²) in [5.41, 5.74) is 6.34. The number of benzene rings is 1. The monoisotopic (exact) mass is 208 g/mol. The van der Waals surface area contributed by atoms with Crippen molar-refractivity contribution in [2.45, 2.75) is 6.42 Å². The van der Waals surface area contributed by atoms with E-state index in [9.17, 15) is 4.79 Å². The Kier molecular flexibility index (Phi) is 4.63. The molecule has 0 bridgehead atoms. The molecule has 0 aliphatic carbocycles. The van der Waals surface area contributed by atoms with E-state index in [4.69, 9.17) is 10.8 Å². The summed E-state index contributed by atoms with van der Waals surface area (Å²) in [4.78, 5) is 12.5. The summed E-state index contributed by atoms with van der Waals surface area (Å²) in [5.74, 6) is -0.823. The molecule has 0 aromatic heterocycles. The van der Waals surface area contributed by atoms with Gasteiger partial charge < -0.3 is 15.7 Å². The number of nitrogens with two attached hydrogens (primary N) is 1. The Morgan fingerprint density at radius 2 is 2.00 bits per heavy atom. The van der Waals surface area contributed by atoms with Crippen LogP contribution in [0.4, 0.5) is 5.69 Å². The molecule has 1 aromatic rings. The van der Waals surface area contributed by atoms with Crippen molar-refractivity contribution in [3.05, 3.63) is 30.3 Å². The van der Waals surface area contributed by atoms with Crippen molar-refractivity contribution in [1.29, 1.82) is 0 Å². The molecule has 0 spiro atoms. The summed E-state index contributed by atoms with van der Waals surface area (Å²) >= 11 is 0. The number of hydrogen-bond donors (Lipinski definition) is 2. The van der Waals surface area contributed by atoms with Crippen LogP contribution in [0.3, 0.4) is 0 Å². The van der Waals surface area contributed by atoms with Gasteiger partial charge in [-0.3, -0.25) is 4.79 Å². The van der Waals surface area contributed by atoms with Crippen LogP contribution < -0.4 is 10.6 Å². The predicted molar refractivity (Wildman–Crippen MR) is 60.0 cm³/mol. The highest BCUT2D eigenvalue weighted by atomic mass is 16.4. The maximum atomic E-state index is 10.7. The summed E-state index contributed by atoms with van der Waals surface area (Å²) in [6, 6.07) is 9.50. The average Bonchev–Trinajstić information content (AvgIpc) is 2.25. The number of rotatable bonds is 6. The van der Waals surface area contributed by atoms with Crippen LogP contribution in [0.2, 0.25) is 0 Å². The second-order valence-corrected chi connectivity index (χ2v) is 3.29. The van der Waals surface area contributed by atoms with Crippen molar-refractivity contribution >= 4 is 11.7 Å². The van der Waals surface area contributed by atoms with Gasteiger partial charge in [0.1, 0.15) is 6.54 Å². The zero-order chi connectivity index (χ0) is 11.1. The van der Waals surface area contributed by atoms with Gasteiger partial charge in [0.2, 0.25) is 0 Å². The lowest BCUT2D eigenvalue weighted by Crippen LogP contribution is -2.31. The van der Waals surface area contributed by atoms with Crippen LogP contribution in [0.1, 0.15) is 6.42 Å². The van der Waals surface area contributed by atoms with E-state index in [1.807, 2.05) is 35.2 Å². The van der Waals surface area contributed by atoms with Gasteiger partial charge in [-0.1, -0.05) is 18.2 Å². The second kappa shape index (κ2) is 6.03. The molecule has 0 radical (unpaired) electrons. The molecule has 4 nitrogen and oxygen atoms in total. The van der Waals surface area contributed by atoms with Gasteiger partial charge in [0.15, 0.2) is 0 Å². The van der Waals surface area contributed by atoms with E-state index < -0.39 is 5.97 Å². The number of para-hydroxylation sites is 1. The zero-order valence-corrected chi connectivity index (χ0v) is 8.60. The van der Waals surface area contributed by atoms with Crippen molar-refractivity contribution in [2.75, 3.05) is 24.5 Å². The first-order chi connectivity index (χ1) is 7.24. The van der Waals surface area contributed by atoms with Crippen molar-refractivity contribution in [3.63, 3.8) is 0 Å². The van der Waals surface area contributed by atoms with Gasteiger partial charge >= 0.3 is 5.97 Å². The van der Waals surface area contributed by atoms with Crippen molar-refractivity contribution in [1.82, 2.24) is 0 Å². The zero-order valence-electron chi connectivity index (χ0n) is 8.60. The van der Waals surface area contributed by atoms with Gasteiger partial charge in [0.05, 0.1) is 0 Å². The number of carboxylic acids is 1. The van der Waals surface area contributed by atoms with Gasteiger partial charge in [-0.25, -0.2) is 0 Å². The van der Waals surface area contributed by atoms with Crippen LogP contribution in [-0.2, 0) is 4.79 Å². The maximum Gasteiger partial charge on any atom is 0.323 e.